The summed E-state index contributed by atoms with van der Waals surface area (Å²) < 4.78 is 0. The van der Waals surface area contributed by atoms with Crippen molar-refractivity contribution in [3.8, 4) is 0 Å². The van der Waals surface area contributed by atoms with Crippen LogP contribution in [-0.4, -0.2) is 23.6 Å². The van der Waals surface area contributed by atoms with Crippen molar-refractivity contribution in [3.63, 3.8) is 0 Å². The molecule has 1 aromatic carbocycles. The topological polar surface area (TPSA) is 61.8 Å². The van der Waals surface area contributed by atoms with Gasteiger partial charge in [0.05, 0.1) is 0 Å². The number of halogens is 1. The molecule has 5 heteroatoms. The van der Waals surface area contributed by atoms with Crippen molar-refractivity contribution in [2.24, 2.45) is 16.8 Å². The molecular formula is C14H20ClN3O. The lowest BCUT2D eigenvalue weighted by molar-refractivity contribution is 0.318. The first kappa shape index (κ1) is 14.0. The number of hydrogen-bond acceptors (Lipinski definition) is 3. The van der Waals surface area contributed by atoms with Gasteiger partial charge < -0.3 is 15.8 Å². The molecule has 1 heterocycles. The summed E-state index contributed by atoms with van der Waals surface area (Å²) >= 11 is 6.01. The van der Waals surface area contributed by atoms with Crippen LogP contribution in [0.1, 0.15) is 32.3 Å². The monoisotopic (exact) mass is 281 g/mol. The molecule has 0 spiro atoms. The van der Waals surface area contributed by atoms with Crippen molar-refractivity contribution in [1.82, 2.24) is 0 Å². The van der Waals surface area contributed by atoms with E-state index in [-0.39, 0.29) is 5.84 Å². The summed E-state index contributed by atoms with van der Waals surface area (Å²) in [5.41, 5.74) is 7.44. The van der Waals surface area contributed by atoms with E-state index in [9.17, 15) is 0 Å². The van der Waals surface area contributed by atoms with Crippen LogP contribution in [0.15, 0.2) is 23.4 Å². The van der Waals surface area contributed by atoms with Crippen LogP contribution < -0.4 is 10.6 Å². The van der Waals surface area contributed by atoms with E-state index >= 15 is 0 Å². The second kappa shape index (κ2) is 5.70. The Morgan fingerprint density at radius 1 is 1.42 bits per heavy atom. The van der Waals surface area contributed by atoms with Gasteiger partial charge in [-0.05, 0) is 43.9 Å². The van der Waals surface area contributed by atoms with Crippen LogP contribution in [0.25, 0.3) is 0 Å². The Hall–Kier alpha value is -1.42. The second-order valence-corrected chi connectivity index (χ2v) is 5.77. The van der Waals surface area contributed by atoms with Crippen molar-refractivity contribution in [1.29, 1.82) is 0 Å². The predicted octanol–water partition coefficient (Wildman–Crippen LogP) is 3.06. The van der Waals surface area contributed by atoms with Crippen molar-refractivity contribution < 1.29 is 5.21 Å². The Balaban J connectivity index is 2.43. The summed E-state index contributed by atoms with van der Waals surface area (Å²) in [5.74, 6) is 0.745. The summed E-state index contributed by atoms with van der Waals surface area (Å²) in [5, 5.41) is 12.6. The second-order valence-electron chi connectivity index (χ2n) is 5.33. The van der Waals surface area contributed by atoms with Gasteiger partial charge in [0.25, 0.3) is 0 Å². The largest absolute Gasteiger partial charge is 0.409 e. The maximum Gasteiger partial charge on any atom is 0.172 e. The third-order valence-electron chi connectivity index (χ3n) is 3.77. The van der Waals surface area contributed by atoms with Gasteiger partial charge in [-0.3, -0.25) is 0 Å². The summed E-state index contributed by atoms with van der Waals surface area (Å²) in [4.78, 5) is 2.32. The van der Waals surface area contributed by atoms with Gasteiger partial charge in [0, 0.05) is 28.9 Å². The first-order valence-electron chi connectivity index (χ1n) is 6.57. The van der Waals surface area contributed by atoms with Crippen LogP contribution in [-0.2, 0) is 0 Å². The highest BCUT2D eigenvalue weighted by Crippen LogP contribution is 2.31. The predicted molar refractivity (Wildman–Crippen MR) is 79.2 cm³/mol. The molecule has 0 bridgehead atoms. The van der Waals surface area contributed by atoms with E-state index in [0.717, 1.165) is 18.7 Å². The number of nitrogens with zero attached hydrogens (tertiary/aromatic N) is 2. The minimum atomic E-state index is 0.0999. The van der Waals surface area contributed by atoms with E-state index in [1.54, 1.807) is 6.07 Å². The van der Waals surface area contributed by atoms with E-state index in [1.165, 1.54) is 6.42 Å². The smallest absolute Gasteiger partial charge is 0.172 e. The quantitative estimate of drug-likeness (QED) is 0.379. The number of amidine groups is 1. The molecule has 0 saturated carbocycles. The molecular weight excluding hydrogens is 262 g/mol. The zero-order valence-corrected chi connectivity index (χ0v) is 12.1. The molecule has 1 aromatic rings. The SMILES string of the molecule is CC1CCC(C)N(c2ccc(Cl)cc2C(N)=NO)C1. The Morgan fingerprint density at radius 3 is 2.84 bits per heavy atom. The third-order valence-corrected chi connectivity index (χ3v) is 4.00. The number of benzene rings is 1. The molecule has 3 N–H and O–H groups in total. The standard InChI is InChI=1S/C14H20ClN3O/c1-9-3-4-10(2)18(8-9)13-6-5-11(15)7-12(13)14(16)17-19/h5-7,9-10,19H,3-4,8H2,1-2H3,(H2,16,17). The number of nitrogens with two attached hydrogens (primary N) is 1. The Kier molecular flexibility index (Phi) is 4.20. The zero-order chi connectivity index (χ0) is 14.0. The fraction of sp³-hybridized carbons (Fsp3) is 0.500. The highest BCUT2D eigenvalue weighted by Gasteiger charge is 2.25. The molecule has 19 heavy (non-hydrogen) atoms. The lowest BCUT2D eigenvalue weighted by Gasteiger charge is -2.39. The number of piperidine rings is 1. The van der Waals surface area contributed by atoms with Crippen LogP contribution in [0.3, 0.4) is 0 Å². The molecule has 0 radical (unpaired) electrons. The van der Waals surface area contributed by atoms with Crippen LogP contribution in [0.5, 0.6) is 0 Å². The average Bonchev–Trinajstić information content (AvgIpc) is 2.41. The van der Waals surface area contributed by atoms with Crippen molar-refractivity contribution >= 4 is 23.1 Å². The van der Waals surface area contributed by atoms with Crippen LogP contribution in [0, 0.1) is 5.92 Å². The first-order valence-corrected chi connectivity index (χ1v) is 6.94. The number of rotatable bonds is 2. The molecule has 1 aliphatic rings. The molecule has 1 aliphatic heterocycles. The van der Waals surface area contributed by atoms with Gasteiger partial charge in [0.15, 0.2) is 5.84 Å². The molecule has 1 saturated heterocycles. The van der Waals surface area contributed by atoms with E-state index in [2.05, 4.69) is 23.9 Å². The van der Waals surface area contributed by atoms with Gasteiger partial charge in [-0.2, -0.15) is 0 Å². The molecule has 0 amide bonds. The number of hydrogen-bond donors (Lipinski definition) is 2. The van der Waals surface area contributed by atoms with Crippen LogP contribution in [0.2, 0.25) is 5.02 Å². The molecule has 0 aromatic heterocycles. The summed E-state index contributed by atoms with van der Waals surface area (Å²) in [7, 11) is 0. The summed E-state index contributed by atoms with van der Waals surface area (Å²) in [6.07, 6.45) is 2.39. The molecule has 2 atom stereocenters. The van der Waals surface area contributed by atoms with Gasteiger partial charge >= 0.3 is 0 Å². The van der Waals surface area contributed by atoms with E-state index in [4.69, 9.17) is 22.5 Å². The van der Waals surface area contributed by atoms with Crippen molar-refractivity contribution in [2.45, 2.75) is 32.7 Å². The molecule has 4 nitrogen and oxygen atoms in total. The Labute approximate surface area is 118 Å². The molecule has 2 unspecified atom stereocenters. The van der Waals surface area contributed by atoms with E-state index in [0.29, 0.717) is 22.5 Å². The minimum absolute atomic E-state index is 0.0999. The fourth-order valence-electron chi connectivity index (χ4n) is 2.64. The lowest BCUT2D eigenvalue weighted by Crippen LogP contribution is -2.42. The number of oxime groups is 1. The van der Waals surface area contributed by atoms with E-state index in [1.807, 2.05) is 12.1 Å². The molecule has 1 fully saturated rings. The third kappa shape index (κ3) is 2.95. The zero-order valence-electron chi connectivity index (χ0n) is 11.3. The Bertz CT molecular complexity index is 490. The summed E-state index contributed by atoms with van der Waals surface area (Å²) in [6, 6.07) is 5.99. The highest BCUT2D eigenvalue weighted by molar-refractivity contribution is 6.31. The van der Waals surface area contributed by atoms with Crippen LogP contribution in [0.4, 0.5) is 5.69 Å². The van der Waals surface area contributed by atoms with Gasteiger partial charge in [-0.25, -0.2) is 0 Å². The molecule has 2 rings (SSSR count). The highest BCUT2D eigenvalue weighted by atomic mass is 35.5. The Morgan fingerprint density at radius 2 is 2.16 bits per heavy atom. The maximum absolute atomic E-state index is 8.92. The van der Waals surface area contributed by atoms with Gasteiger partial charge in [-0.1, -0.05) is 23.7 Å². The average molecular weight is 282 g/mol. The van der Waals surface area contributed by atoms with Gasteiger partial charge in [0.1, 0.15) is 0 Å². The van der Waals surface area contributed by atoms with Crippen molar-refractivity contribution in [3.05, 3.63) is 28.8 Å². The molecule has 0 aliphatic carbocycles. The van der Waals surface area contributed by atoms with Gasteiger partial charge in [-0.15, -0.1) is 0 Å². The lowest BCUT2D eigenvalue weighted by atomic mass is 9.93. The first-order chi connectivity index (χ1) is 9.02. The normalized spacial score (nSPS) is 24.6. The minimum Gasteiger partial charge on any atom is -0.409 e. The number of anilines is 1. The molecule has 104 valence electrons. The summed E-state index contributed by atoms with van der Waals surface area (Å²) in [6.45, 7) is 5.43. The fourth-order valence-corrected chi connectivity index (χ4v) is 2.81. The van der Waals surface area contributed by atoms with Gasteiger partial charge in [0.2, 0.25) is 0 Å². The van der Waals surface area contributed by atoms with Crippen LogP contribution >= 0.6 is 11.6 Å². The van der Waals surface area contributed by atoms with E-state index < -0.39 is 0 Å². The maximum atomic E-state index is 8.92. The van der Waals surface area contributed by atoms with Crippen molar-refractivity contribution in [2.75, 3.05) is 11.4 Å².